The SMILES string of the molecule is CC(C)=CC(=O)C[C@@H](C)[C@H]1CC[C@@]2(C)[C@@H]3CCC4C(C)(C)[C@@H](OS(=O)(=O)[O-])CC[C@@]45C[C@@]35CC[C@]12C. The number of carbonyl (C=O) groups excluding carboxylic acids is 1. The summed E-state index contributed by atoms with van der Waals surface area (Å²) < 4.78 is 39.5. The normalized spacial score (nSPS) is 47.6. The summed E-state index contributed by atoms with van der Waals surface area (Å²) in [6.07, 6.45) is 12.1. The molecule has 0 bridgehead atoms. The summed E-state index contributed by atoms with van der Waals surface area (Å²) in [6.45, 7) is 15.7. The second-order valence-corrected chi connectivity index (χ2v) is 15.9. The zero-order valence-electron chi connectivity index (χ0n) is 23.5. The molecule has 2 spiro atoms. The van der Waals surface area contributed by atoms with E-state index in [0.717, 1.165) is 18.4 Å². The van der Waals surface area contributed by atoms with Crippen LogP contribution in [-0.2, 0) is 19.4 Å². The molecule has 0 saturated heterocycles. The Labute approximate surface area is 219 Å². The summed E-state index contributed by atoms with van der Waals surface area (Å²) in [4.78, 5) is 12.6. The fourth-order valence-electron chi connectivity index (χ4n) is 11.4. The third kappa shape index (κ3) is 3.59. The van der Waals surface area contributed by atoms with Crippen molar-refractivity contribution in [3.8, 4) is 0 Å². The molecule has 0 aromatic rings. The molecule has 5 aliphatic rings. The average Bonchev–Trinajstić information content (AvgIpc) is 3.31. The molecule has 9 atom stereocenters. The van der Waals surface area contributed by atoms with Crippen LogP contribution in [0.1, 0.15) is 113 Å². The van der Waals surface area contributed by atoms with Crippen LogP contribution in [-0.4, -0.2) is 24.9 Å². The van der Waals surface area contributed by atoms with E-state index < -0.39 is 16.5 Å². The molecular formula is C30H47O5S-. The number of carbonyl (C=O) groups is 1. The first-order valence-corrected chi connectivity index (χ1v) is 15.7. The van der Waals surface area contributed by atoms with Crippen molar-refractivity contribution in [2.75, 3.05) is 0 Å². The van der Waals surface area contributed by atoms with Gasteiger partial charge >= 0.3 is 0 Å². The molecule has 5 rings (SSSR count). The zero-order valence-corrected chi connectivity index (χ0v) is 24.3. The first kappa shape index (κ1) is 26.9. The van der Waals surface area contributed by atoms with Gasteiger partial charge in [0, 0.05) is 6.42 Å². The van der Waals surface area contributed by atoms with Crippen LogP contribution in [0, 0.1) is 50.7 Å². The van der Waals surface area contributed by atoms with Crippen LogP contribution < -0.4 is 0 Å². The van der Waals surface area contributed by atoms with Crippen LogP contribution in [0.15, 0.2) is 11.6 Å². The van der Waals surface area contributed by atoms with Crippen molar-refractivity contribution in [1.82, 2.24) is 0 Å². The number of hydrogen-bond donors (Lipinski definition) is 0. The van der Waals surface area contributed by atoms with Crippen molar-refractivity contribution < 1.29 is 21.9 Å². The van der Waals surface area contributed by atoms with Gasteiger partial charge in [-0.1, -0.05) is 40.2 Å². The van der Waals surface area contributed by atoms with Crippen LogP contribution in [0.4, 0.5) is 0 Å². The second-order valence-electron chi connectivity index (χ2n) is 14.9. The number of allylic oxidation sites excluding steroid dienone is 2. The predicted molar refractivity (Wildman–Crippen MR) is 140 cm³/mol. The quantitative estimate of drug-likeness (QED) is 0.218. The van der Waals surface area contributed by atoms with Gasteiger partial charge in [-0.15, -0.1) is 0 Å². The van der Waals surface area contributed by atoms with Crippen LogP contribution >= 0.6 is 0 Å². The maximum absolute atomic E-state index is 12.6. The Balaban J connectivity index is 1.39. The second kappa shape index (κ2) is 8.14. The van der Waals surface area contributed by atoms with Gasteiger partial charge in [-0.25, -0.2) is 8.42 Å². The van der Waals surface area contributed by atoms with Crippen LogP contribution in [0.3, 0.4) is 0 Å². The molecule has 0 aromatic carbocycles. The van der Waals surface area contributed by atoms with Crippen molar-refractivity contribution in [2.24, 2.45) is 50.7 Å². The van der Waals surface area contributed by atoms with Crippen molar-refractivity contribution in [3.63, 3.8) is 0 Å². The molecule has 0 radical (unpaired) electrons. The van der Waals surface area contributed by atoms with E-state index >= 15 is 0 Å². The van der Waals surface area contributed by atoms with E-state index in [9.17, 15) is 17.8 Å². The number of fused-ring (bicyclic) bond motifs is 2. The van der Waals surface area contributed by atoms with Crippen molar-refractivity contribution in [3.05, 3.63) is 11.6 Å². The highest BCUT2D eigenvalue weighted by atomic mass is 32.3. The van der Waals surface area contributed by atoms with Crippen LogP contribution in [0.2, 0.25) is 0 Å². The fraction of sp³-hybridized carbons (Fsp3) is 0.900. The van der Waals surface area contributed by atoms with Gasteiger partial charge in [-0.3, -0.25) is 8.98 Å². The van der Waals surface area contributed by atoms with Crippen LogP contribution in [0.25, 0.3) is 0 Å². The van der Waals surface area contributed by atoms with Gasteiger partial charge in [-0.05, 0) is 128 Å². The van der Waals surface area contributed by atoms with Gasteiger partial charge in [0.15, 0.2) is 5.78 Å². The maximum Gasteiger partial charge on any atom is 0.217 e. The minimum atomic E-state index is -4.70. The molecule has 0 amide bonds. The molecule has 36 heavy (non-hydrogen) atoms. The topological polar surface area (TPSA) is 83.5 Å². The third-order valence-electron chi connectivity index (χ3n) is 13.0. The van der Waals surface area contributed by atoms with E-state index in [4.69, 9.17) is 4.18 Å². The Hall–Kier alpha value is -0.720. The first-order valence-electron chi connectivity index (χ1n) is 14.3. The Morgan fingerprint density at radius 1 is 0.944 bits per heavy atom. The standard InChI is InChI=1S/C30H48O5S/c1-19(2)16-21(31)17-20(3)22-10-12-28(7)24-9-8-23-26(4,5)25(35-36(32,33)34)11-13-29(23)18-30(24,29)15-14-27(22,28)6/h16,20,22-25H,8-15,17-18H2,1-7H3,(H,32,33,34)/p-1/t20-,22-,23?,24+,25+,27-,28+,29-,30+/m1/s1. The lowest BCUT2D eigenvalue weighted by Crippen LogP contribution is -2.58. The summed E-state index contributed by atoms with van der Waals surface area (Å²) in [5.41, 5.74) is 1.95. The smallest absolute Gasteiger partial charge is 0.217 e. The number of hydrogen-bond acceptors (Lipinski definition) is 5. The molecule has 5 fully saturated rings. The van der Waals surface area contributed by atoms with Gasteiger partial charge in [0.25, 0.3) is 0 Å². The summed E-state index contributed by atoms with van der Waals surface area (Å²) in [5, 5.41) is 0. The third-order valence-corrected chi connectivity index (χ3v) is 13.5. The van der Waals surface area contributed by atoms with Gasteiger partial charge in [0.05, 0.1) is 6.10 Å². The van der Waals surface area contributed by atoms with E-state index in [0.29, 0.717) is 41.9 Å². The number of ketones is 1. The van der Waals surface area contributed by atoms with E-state index in [1.165, 1.54) is 38.5 Å². The number of rotatable bonds is 6. The zero-order chi connectivity index (χ0) is 26.5. The molecule has 1 unspecified atom stereocenters. The summed E-state index contributed by atoms with van der Waals surface area (Å²) in [7, 11) is -4.70. The molecule has 204 valence electrons. The predicted octanol–water partition coefficient (Wildman–Crippen LogP) is 6.83. The lowest BCUT2D eigenvalue weighted by Gasteiger charge is -2.63. The fourth-order valence-corrected chi connectivity index (χ4v) is 12.1. The lowest BCUT2D eigenvalue weighted by atomic mass is 9.41. The monoisotopic (exact) mass is 519 g/mol. The van der Waals surface area contributed by atoms with Crippen molar-refractivity contribution in [1.29, 1.82) is 0 Å². The van der Waals surface area contributed by atoms with Gasteiger partial charge in [0.1, 0.15) is 0 Å². The minimum Gasteiger partial charge on any atom is -0.726 e. The van der Waals surface area contributed by atoms with E-state index in [1.807, 2.05) is 19.9 Å². The highest BCUT2D eigenvalue weighted by Crippen LogP contribution is 2.89. The van der Waals surface area contributed by atoms with Gasteiger partial charge in [-0.2, -0.15) is 0 Å². The van der Waals surface area contributed by atoms with E-state index in [-0.39, 0.29) is 27.4 Å². The van der Waals surface area contributed by atoms with E-state index in [1.54, 1.807) is 0 Å². The molecule has 5 saturated carbocycles. The minimum absolute atomic E-state index is 0.261. The lowest BCUT2D eigenvalue weighted by molar-refractivity contribution is -0.158. The molecule has 5 aliphatic carbocycles. The molecule has 0 heterocycles. The molecule has 0 N–H and O–H groups in total. The Morgan fingerprint density at radius 3 is 2.22 bits per heavy atom. The van der Waals surface area contributed by atoms with Gasteiger partial charge < -0.3 is 4.55 Å². The Kier molecular flexibility index (Phi) is 6.08. The summed E-state index contributed by atoms with van der Waals surface area (Å²) in [6, 6.07) is 0. The first-order chi connectivity index (χ1) is 16.5. The maximum atomic E-state index is 12.6. The molecular weight excluding hydrogens is 472 g/mol. The largest absolute Gasteiger partial charge is 0.726 e. The highest BCUT2D eigenvalue weighted by Gasteiger charge is 2.82. The summed E-state index contributed by atoms with van der Waals surface area (Å²) >= 11 is 0. The molecule has 6 heteroatoms. The van der Waals surface area contributed by atoms with Crippen molar-refractivity contribution >= 4 is 16.2 Å². The molecule has 5 nitrogen and oxygen atoms in total. The van der Waals surface area contributed by atoms with Crippen molar-refractivity contribution in [2.45, 2.75) is 119 Å². The van der Waals surface area contributed by atoms with Crippen LogP contribution in [0.5, 0.6) is 0 Å². The van der Waals surface area contributed by atoms with Gasteiger partial charge in [0.2, 0.25) is 10.4 Å². The Bertz CT molecular complexity index is 1070. The molecule has 0 aliphatic heterocycles. The Morgan fingerprint density at radius 2 is 1.58 bits per heavy atom. The average molecular weight is 520 g/mol. The van der Waals surface area contributed by atoms with E-state index in [2.05, 4.69) is 34.6 Å². The molecule has 0 aromatic heterocycles. The highest BCUT2D eigenvalue weighted by molar-refractivity contribution is 7.80. The summed E-state index contributed by atoms with van der Waals surface area (Å²) in [5.74, 6) is 2.37.